The normalized spacial score (nSPS) is 17.2. The zero-order chi connectivity index (χ0) is 25.9. The van der Waals surface area contributed by atoms with Gasteiger partial charge in [0.05, 0.1) is 6.04 Å². The fourth-order valence-corrected chi connectivity index (χ4v) is 4.11. The van der Waals surface area contributed by atoms with E-state index in [9.17, 15) is 23.2 Å². The second-order valence-electron chi connectivity index (χ2n) is 9.79. The third kappa shape index (κ3) is 5.67. The van der Waals surface area contributed by atoms with E-state index < -0.39 is 52.7 Å². The first kappa shape index (κ1) is 26.3. The average molecular weight is 487 g/mol. The first-order valence-corrected chi connectivity index (χ1v) is 11.6. The zero-order valence-electron chi connectivity index (χ0n) is 20.6. The van der Waals surface area contributed by atoms with Crippen LogP contribution in [-0.4, -0.2) is 48.3 Å². The molecule has 3 N–H and O–H groups in total. The lowest BCUT2D eigenvalue weighted by molar-refractivity contribution is -0.145. The predicted molar refractivity (Wildman–Crippen MR) is 129 cm³/mol. The molecule has 0 fully saturated rings. The van der Waals surface area contributed by atoms with Crippen LogP contribution in [0.25, 0.3) is 0 Å². The number of carbonyl (C=O) groups is 3. The summed E-state index contributed by atoms with van der Waals surface area (Å²) in [6, 6.07) is 7.87. The Morgan fingerprint density at radius 3 is 2.26 bits per heavy atom. The van der Waals surface area contributed by atoms with Crippen molar-refractivity contribution in [2.45, 2.75) is 52.2 Å². The summed E-state index contributed by atoms with van der Waals surface area (Å²) in [5, 5.41) is 8.00. The van der Waals surface area contributed by atoms with Gasteiger partial charge in [0.1, 0.15) is 29.4 Å². The van der Waals surface area contributed by atoms with Crippen LogP contribution in [-0.2, 0) is 20.8 Å². The van der Waals surface area contributed by atoms with E-state index in [0.717, 1.165) is 17.7 Å². The highest BCUT2D eigenvalue weighted by molar-refractivity contribution is 6.00. The maximum Gasteiger partial charge on any atom is 0.251 e. The maximum atomic E-state index is 14.3. The van der Waals surface area contributed by atoms with Gasteiger partial charge in [-0.25, -0.2) is 8.78 Å². The van der Waals surface area contributed by atoms with E-state index in [1.807, 2.05) is 32.9 Å². The molecule has 7 nitrogen and oxygen atoms in total. The fraction of sp³-hybridized carbons (Fsp3) is 0.423. The molecular weight excluding hydrogens is 454 g/mol. The number of rotatable bonds is 6. The Morgan fingerprint density at radius 2 is 1.66 bits per heavy atom. The van der Waals surface area contributed by atoms with Crippen LogP contribution in [0.15, 0.2) is 42.5 Å². The van der Waals surface area contributed by atoms with Crippen molar-refractivity contribution in [1.82, 2.24) is 15.5 Å². The Hall–Kier alpha value is -3.33. The number of carbonyl (C=O) groups excluding carboxylic acids is 3. The van der Waals surface area contributed by atoms with Crippen LogP contribution in [0.2, 0.25) is 0 Å². The second-order valence-corrected chi connectivity index (χ2v) is 9.79. The number of fused-ring (bicyclic) bond motifs is 1. The maximum absolute atomic E-state index is 14.3. The van der Waals surface area contributed by atoms with Crippen molar-refractivity contribution < 1.29 is 23.2 Å². The molecule has 1 aliphatic heterocycles. The first-order chi connectivity index (χ1) is 16.5. The van der Waals surface area contributed by atoms with Crippen LogP contribution in [0, 0.1) is 17.0 Å². The minimum atomic E-state index is -1.13. The molecule has 1 heterocycles. The number of hydrogen-bond acceptors (Lipinski definition) is 4. The molecule has 0 radical (unpaired) electrons. The monoisotopic (exact) mass is 486 g/mol. The number of hydrogen-bond donors (Lipinski definition) is 3. The van der Waals surface area contributed by atoms with Crippen molar-refractivity contribution in [2.75, 3.05) is 18.9 Å². The highest BCUT2D eigenvalue weighted by Gasteiger charge is 2.43. The van der Waals surface area contributed by atoms with Gasteiger partial charge < -0.3 is 20.9 Å². The Bertz CT molecular complexity index is 1100. The highest BCUT2D eigenvalue weighted by atomic mass is 19.1. The summed E-state index contributed by atoms with van der Waals surface area (Å²) in [5.41, 5.74) is 0.196. The van der Waals surface area contributed by atoms with E-state index in [0.29, 0.717) is 12.0 Å². The Kier molecular flexibility index (Phi) is 7.90. The Morgan fingerprint density at radius 1 is 1.03 bits per heavy atom. The van der Waals surface area contributed by atoms with E-state index in [4.69, 9.17) is 0 Å². The van der Waals surface area contributed by atoms with Gasteiger partial charge in [-0.1, -0.05) is 51.1 Å². The molecule has 35 heavy (non-hydrogen) atoms. The molecule has 0 saturated heterocycles. The molecule has 0 aromatic heterocycles. The summed E-state index contributed by atoms with van der Waals surface area (Å²) >= 11 is 0. The molecule has 0 saturated carbocycles. The van der Waals surface area contributed by atoms with Crippen molar-refractivity contribution in [3.05, 3.63) is 65.2 Å². The number of amides is 3. The van der Waals surface area contributed by atoms with Gasteiger partial charge in [-0.15, -0.1) is 0 Å². The lowest BCUT2D eigenvalue weighted by atomic mass is 9.83. The molecule has 2 aromatic carbocycles. The average Bonchev–Trinajstić information content (AvgIpc) is 2.82. The summed E-state index contributed by atoms with van der Waals surface area (Å²) in [6.45, 7) is 7.35. The minimum Gasteiger partial charge on any atom is -0.342 e. The third-order valence-corrected chi connectivity index (χ3v) is 6.25. The molecule has 0 bridgehead atoms. The van der Waals surface area contributed by atoms with Crippen LogP contribution in [0.4, 0.5) is 14.5 Å². The second kappa shape index (κ2) is 10.5. The van der Waals surface area contributed by atoms with E-state index in [2.05, 4.69) is 16.0 Å². The summed E-state index contributed by atoms with van der Waals surface area (Å²) in [6.07, 6.45) is 0.498. The summed E-state index contributed by atoms with van der Waals surface area (Å²) in [4.78, 5) is 41.4. The van der Waals surface area contributed by atoms with E-state index in [1.54, 1.807) is 26.1 Å². The van der Waals surface area contributed by atoms with Gasteiger partial charge in [0.25, 0.3) is 5.91 Å². The van der Waals surface area contributed by atoms with Gasteiger partial charge in [0, 0.05) is 6.54 Å². The molecule has 3 atom stereocenters. The topological polar surface area (TPSA) is 90.5 Å². The number of halogens is 2. The molecule has 3 amide bonds. The Balaban J connectivity index is 2.00. The van der Waals surface area contributed by atoms with Crippen molar-refractivity contribution in [3.8, 4) is 0 Å². The van der Waals surface area contributed by atoms with Crippen LogP contribution >= 0.6 is 0 Å². The number of anilines is 1. The standard InChI is InChI=1S/C26H32F2N4O3/c1-15(29-5)23(33)31-22(26(2,3)4)25(35)32-14-13-16-9-6-7-10-17(16)21(32)24(34)30-20-18(27)11-8-12-19(20)28/h6-12,15,21-22,29H,13-14H2,1-5H3,(H,30,34)(H,31,33). The molecule has 0 spiro atoms. The van der Waals surface area contributed by atoms with E-state index in [1.165, 1.54) is 11.0 Å². The van der Waals surface area contributed by atoms with Crippen molar-refractivity contribution in [3.63, 3.8) is 0 Å². The van der Waals surface area contributed by atoms with Gasteiger partial charge >= 0.3 is 0 Å². The molecule has 9 heteroatoms. The van der Waals surface area contributed by atoms with E-state index in [-0.39, 0.29) is 12.5 Å². The van der Waals surface area contributed by atoms with Gasteiger partial charge in [-0.3, -0.25) is 14.4 Å². The summed E-state index contributed by atoms with van der Waals surface area (Å²) in [7, 11) is 1.64. The molecule has 0 aliphatic carbocycles. The zero-order valence-corrected chi connectivity index (χ0v) is 20.6. The van der Waals surface area contributed by atoms with E-state index >= 15 is 0 Å². The number of para-hydroxylation sites is 1. The predicted octanol–water partition coefficient (Wildman–Crippen LogP) is 3.17. The number of likely N-dealkylation sites (N-methyl/N-ethyl adjacent to an activating group) is 1. The van der Waals surface area contributed by atoms with Crippen LogP contribution in [0.5, 0.6) is 0 Å². The van der Waals surface area contributed by atoms with Gasteiger partial charge in [-0.05, 0) is 49.1 Å². The molecule has 3 rings (SSSR count). The smallest absolute Gasteiger partial charge is 0.251 e. The van der Waals surface area contributed by atoms with Crippen molar-refractivity contribution in [1.29, 1.82) is 0 Å². The molecule has 3 unspecified atom stereocenters. The molecular formula is C26H32F2N4O3. The van der Waals surface area contributed by atoms with Crippen LogP contribution in [0.3, 0.4) is 0 Å². The molecule has 188 valence electrons. The SMILES string of the molecule is CNC(C)C(=O)NC(C(=O)N1CCc2ccccc2C1C(=O)Nc1c(F)cccc1F)C(C)(C)C. The first-order valence-electron chi connectivity index (χ1n) is 11.6. The largest absolute Gasteiger partial charge is 0.342 e. The van der Waals surface area contributed by atoms with Gasteiger partial charge in [0.2, 0.25) is 11.8 Å². The highest BCUT2D eigenvalue weighted by Crippen LogP contribution is 2.34. The van der Waals surface area contributed by atoms with Crippen LogP contribution in [0.1, 0.15) is 44.9 Å². The number of nitrogens with zero attached hydrogens (tertiary/aromatic N) is 1. The molecule has 1 aliphatic rings. The van der Waals surface area contributed by atoms with Gasteiger partial charge in [-0.2, -0.15) is 0 Å². The quantitative estimate of drug-likeness (QED) is 0.585. The summed E-state index contributed by atoms with van der Waals surface area (Å²) in [5.74, 6) is -3.37. The Labute approximate surface area is 204 Å². The van der Waals surface area contributed by atoms with Crippen molar-refractivity contribution >= 4 is 23.4 Å². The van der Waals surface area contributed by atoms with Crippen LogP contribution < -0.4 is 16.0 Å². The van der Waals surface area contributed by atoms with Crippen molar-refractivity contribution in [2.24, 2.45) is 5.41 Å². The number of benzene rings is 2. The third-order valence-electron chi connectivity index (χ3n) is 6.25. The fourth-order valence-electron chi connectivity index (χ4n) is 4.11. The van der Waals surface area contributed by atoms with Gasteiger partial charge in [0.15, 0.2) is 0 Å². The lowest BCUT2D eigenvalue weighted by Crippen LogP contribution is -2.59. The molecule has 2 aromatic rings. The summed E-state index contributed by atoms with van der Waals surface area (Å²) < 4.78 is 28.6. The number of nitrogens with one attached hydrogen (secondary N) is 3. The lowest BCUT2D eigenvalue weighted by Gasteiger charge is -2.41. The minimum absolute atomic E-state index is 0.206.